The highest BCUT2D eigenvalue weighted by Gasteiger charge is 2.19. The monoisotopic (exact) mass is 576 g/mol. The molecule has 0 atom stereocenters. The Morgan fingerprint density at radius 1 is 1.10 bits per heavy atom. The number of anilines is 1. The van der Waals surface area contributed by atoms with E-state index in [2.05, 4.69) is 26.8 Å². The number of carbonyl (C=O) groups is 1. The number of rotatable bonds is 9. The number of hydrogen-bond donors (Lipinski definition) is 2. The Bertz CT molecular complexity index is 1660. The topological polar surface area (TPSA) is 122 Å². The molecule has 0 fully saturated rings. The second kappa shape index (κ2) is 12.8. The summed E-state index contributed by atoms with van der Waals surface area (Å²) in [4.78, 5) is 29.0. The number of hydrogen-bond acceptors (Lipinski definition) is 7. The molecule has 1 amide bonds. The van der Waals surface area contributed by atoms with Crippen LogP contribution in [0.3, 0.4) is 0 Å². The van der Waals surface area contributed by atoms with Crippen molar-refractivity contribution in [3.05, 3.63) is 87.0 Å². The summed E-state index contributed by atoms with van der Waals surface area (Å²) in [6.45, 7) is 6.41. The molecule has 0 saturated carbocycles. The van der Waals surface area contributed by atoms with Gasteiger partial charge in [-0.15, -0.1) is 0 Å². The van der Waals surface area contributed by atoms with Gasteiger partial charge < -0.3 is 15.4 Å². The van der Waals surface area contributed by atoms with Gasteiger partial charge in [0.15, 0.2) is 0 Å². The van der Waals surface area contributed by atoms with Crippen LogP contribution in [0.25, 0.3) is 22.0 Å². The second-order valence-corrected chi connectivity index (χ2v) is 10.8. The standard InChI is InChI=1S/C30H30ClFN6O3/c1-30(2,3)41-29(40)35-15-7-6-14-34-27-24(31)16-23(26(32)36-27)25-21-8-4-5-9-22(21)28(39)38(37-25)18-20-12-10-19(17-33)11-13-20/h4-5,8-13,16H,6-7,14-15,18H2,1-3H3,(H,34,36)(H,35,40). The molecule has 0 spiro atoms. The van der Waals surface area contributed by atoms with Crippen molar-refractivity contribution < 1.29 is 13.9 Å². The van der Waals surface area contributed by atoms with Crippen molar-refractivity contribution in [3.8, 4) is 17.3 Å². The van der Waals surface area contributed by atoms with E-state index in [9.17, 15) is 9.59 Å². The number of ether oxygens (including phenoxy) is 1. The van der Waals surface area contributed by atoms with E-state index in [4.69, 9.17) is 21.6 Å². The number of amides is 1. The SMILES string of the molecule is CC(C)(C)OC(=O)NCCCCNc1nc(F)c(-c2nn(Cc3ccc(C#N)cc3)c(=O)c3ccccc23)cc1Cl. The summed E-state index contributed by atoms with van der Waals surface area (Å²) in [5, 5.41) is 20.3. The molecule has 9 nitrogen and oxygen atoms in total. The Kier molecular flexibility index (Phi) is 9.20. The number of benzene rings is 2. The largest absolute Gasteiger partial charge is 0.444 e. The van der Waals surface area contributed by atoms with Gasteiger partial charge in [-0.1, -0.05) is 41.9 Å². The van der Waals surface area contributed by atoms with Gasteiger partial charge in [0.05, 0.1) is 34.1 Å². The molecule has 0 radical (unpaired) electrons. The predicted molar refractivity (Wildman–Crippen MR) is 156 cm³/mol. The van der Waals surface area contributed by atoms with Gasteiger partial charge in [-0.05, 0) is 63.4 Å². The van der Waals surface area contributed by atoms with Crippen LogP contribution < -0.4 is 16.2 Å². The van der Waals surface area contributed by atoms with Crippen molar-refractivity contribution in [3.63, 3.8) is 0 Å². The third-order valence-electron chi connectivity index (χ3n) is 6.03. The van der Waals surface area contributed by atoms with E-state index < -0.39 is 17.6 Å². The van der Waals surface area contributed by atoms with Crippen molar-refractivity contribution in [2.24, 2.45) is 0 Å². The fourth-order valence-electron chi connectivity index (χ4n) is 4.12. The molecule has 0 aliphatic heterocycles. The molecular formula is C30H30ClFN6O3. The highest BCUT2D eigenvalue weighted by Crippen LogP contribution is 2.31. The minimum absolute atomic E-state index is 0.0619. The maximum absolute atomic E-state index is 15.4. The smallest absolute Gasteiger partial charge is 0.407 e. The molecule has 2 N–H and O–H groups in total. The van der Waals surface area contributed by atoms with Gasteiger partial charge in [0.2, 0.25) is 5.95 Å². The number of pyridine rings is 1. The lowest BCUT2D eigenvalue weighted by Crippen LogP contribution is -2.33. The van der Waals surface area contributed by atoms with Crippen molar-refractivity contribution >= 4 is 34.3 Å². The van der Waals surface area contributed by atoms with Crippen molar-refractivity contribution in [2.45, 2.75) is 45.8 Å². The van der Waals surface area contributed by atoms with Crippen molar-refractivity contribution in [2.75, 3.05) is 18.4 Å². The second-order valence-electron chi connectivity index (χ2n) is 10.4. The average molecular weight is 577 g/mol. The van der Waals surface area contributed by atoms with Gasteiger partial charge >= 0.3 is 6.09 Å². The molecular weight excluding hydrogens is 547 g/mol. The lowest BCUT2D eigenvalue weighted by Gasteiger charge is -2.19. The maximum atomic E-state index is 15.4. The summed E-state index contributed by atoms with van der Waals surface area (Å²) in [5.41, 5.74) is 0.675. The molecule has 2 heterocycles. The molecule has 0 aliphatic rings. The summed E-state index contributed by atoms with van der Waals surface area (Å²) in [6.07, 6.45) is 0.863. The number of fused-ring (bicyclic) bond motifs is 1. The average Bonchev–Trinajstić information content (AvgIpc) is 2.93. The van der Waals surface area contributed by atoms with Crippen LogP contribution in [0.15, 0.2) is 59.4 Å². The molecule has 11 heteroatoms. The molecule has 0 bridgehead atoms. The summed E-state index contributed by atoms with van der Waals surface area (Å²) in [5.74, 6) is -0.604. The molecule has 2 aromatic heterocycles. The number of nitrogens with one attached hydrogen (secondary N) is 2. The minimum Gasteiger partial charge on any atom is -0.444 e. The van der Waals surface area contributed by atoms with Crippen molar-refractivity contribution in [1.29, 1.82) is 5.26 Å². The quantitative estimate of drug-likeness (QED) is 0.188. The highest BCUT2D eigenvalue weighted by atomic mass is 35.5. The Hall–Kier alpha value is -4.49. The lowest BCUT2D eigenvalue weighted by molar-refractivity contribution is 0.0527. The van der Waals surface area contributed by atoms with Crippen LogP contribution in [0.4, 0.5) is 15.0 Å². The number of aromatic nitrogens is 3. The molecule has 0 aliphatic carbocycles. The van der Waals surface area contributed by atoms with E-state index in [1.807, 2.05) is 0 Å². The number of alkyl carbamates (subject to hydrolysis) is 1. The first-order chi connectivity index (χ1) is 19.6. The summed E-state index contributed by atoms with van der Waals surface area (Å²) in [7, 11) is 0. The van der Waals surface area contributed by atoms with Gasteiger partial charge in [-0.2, -0.15) is 14.8 Å². The van der Waals surface area contributed by atoms with Crippen LogP contribution in [-0.2, 0) is 11.3 Å². The fraction of sp³-hybridized carbons (Fsp3) is 0.300. The van der Waals surface area contributed by atoms with E-state index in [1.165, 1.54) is 10.7 Å². The highest BCUT2D eigenvalue weighted by molar-refractivity contribution is 6.33. The first kappa shape index (κ1) is 29.5. The molecule has 2 aromatic carbocycles. The molecule has 4 rings (SSSR count). The van der Waals surface area contributed by atoms with E-state index >= 15 is 4.39 Å². The number of halogens is 2. The van der Waals surface area contributed by atoms with E-state index in [-0.39, 0.29) is 34.2 Å². The lowest BCUT2D eigenvalue weighted by atomic mass is 10.1. The number of nitrogens with zero attached hydrogens (tertiary/aromatic N) is 4. The first-order valence-corrected chi connectivity index (χ1v) is 13.5. The van der Waals surface area contributed by atoms with Crippen LogP contribution in [0.5, 0.6) is 0 Å². The predicted octanol–water partition coefficient (Wildman–Crippen LogP) is 5.89. The van der Waals surface area contributed by atoms with Gasteiger partial charge in [-0.25, -0.2) is 14.5 Å². The fourth-order valence-corrected chi connectivity index (χ4v) is 4.33. The number of nitriles is 1. The molecule has 41 heavy (non-hydrogen) atoms. The van der Waals surface area contributed by atoms with Gasteiger partial charge in [0.25, 0.3) is 5.56 Å². The normalized spacial score (nSPS) is 11.2. The van der Waals surface area contributed by atoms with Crippen LogP contribution in [-0.4, -0.2) is 39.5 Å². The number of unbranched alkanes of at least 4 members (excludes halogenated alkanes) is 1. The molecule has 0 saturated heterocycles. The number of carbonyl (C=O) groups excluding carboxylic acids is 1. The zero-order valence-electron chi connectivity index (χ0n) is 23.0. The Labute approximate surface area is 241 Å². The van der Waals surface area contributed by atoms with Gasteiger partial charge in [-0.3, -0.25) is 4.79 Å². The summed E-state index contributed by atoms with van der Waals surface area (Å²) < 4.78 is 21.9. The maximum Gasteiger partial charge on any atom is 0.407 e. The van der Waals surface area contributed by atoms with Gasteiger partial charge in [0.1, 0.15) is 17.1 Å². The first-order valence-electron chi connectivity index (χ1n) is 13.1. The summed E-state index contributed by atoms with van der Waals surface area (Å²) in [6, 6.07) is 17.2. The molecule has 0 unspecified atom stereocenters. The van der Waals surface area contributed by atoms with E-state index in [0.29, 0.717) is 42.3 Å². The Morgan fingerprint density at radius 2 is 1.78 bits per heavy atom. The molecule has 4 aromatic rings. The third-order valence-corrected chi connectivity index (χ3v) is 6.32. The Balaban J connectivity index is 1.51. The van der Waals surface area contributed by atoms with Crippen LogP contribution in [0.2, 0.25) is 5.02 Å². The third kappa shape index (κ3) is 7.58. The van der Waals surface area contributed by atoms with Crippen molar-refractivity contribution in [1.82, 2.24) is 20.1 Å². The van der Waals surface area contributed by atoms with E-state index in [1.54, 1.807) is 69.3 Å². The van der Waals surface area contributed by atoms with Crippen LogP contribution in [0.1, 0.15) is 44.7 Å². The van der Waals surface area contributed by atoms with Crippen LogP contribution in [0, 0.1) is 17.3 Å². The zero-order chi connectivity index (χ0) is 29.6. The zero-order valence-corrected chi connectivity index (χ0v) is 23.8. The summed E-state index contributed by atoms with van der Waals surface area (Å²) >= 11 is 6.49. The van der Waals surface area contributed by atoms with Crippen LogP contribution >= 0.6 is 11.6 Å². The minimum atomic E-state index is -0.787. The Morgan fingerprint density at radius 3 is 2.46 bits per heavy atom. The van der Waals surface area contributed by atoms with E-state index in [0.717, 1.165) is 5.56 Å². The molecule has 212 valence electrons. The van der Waals surface area contributed by atoms with Gasteiger partial charge in [0, 0.05) is 18.5 Å².